The van der Waals surface area contributed by atoms with Crippen molar-refractivity contribution in [2.75, 3.05) is 12.4 Å². The Kier molecular flexibility index (Phi) is 7.06. The fourth-order valence-electron chi connectivity index (χ4n) is 1.75. The maximum atomic E-state index is 11.8. The first kappa shape index (κ1) is 15.3. The number of hydrogen-bond acceptors (Lipinski definition) is 2. The molecule has 1 amide bonds. The highest BCUT2D eigenvalue weighted by Gasteiger charge is 2.11. The van der Waals surface area contributed by atoms with E-state index in [0.29, 0.717) is 29.1 Å². The summed E-state index contributed by atoms with van der Waals surface area (Å²) in [5.74, 6) is 0.894. The van der Waals surface area contributed by atoms with Crippen LogP contribution in [0.5, 0.6) is 0 Å². The summed E-state index contributed by atoms with van der Waals surface area (Å²) in [7, 11) is 0. The van der Waals surface area contributed by atoms with E-state index in [9.17, 15) is 4.79 Å². The lowest BCUT2D eigenvalue weighted by Crippen LogP contribution is -2.30. The fraction of sp³-hybridized carbons (Fsp3) is 0.538. The Balaban J connectivity index is 2.46. The number of pyridine rings is 1. The monoisotopic (exact) mass is 288 g/mol. The Morgan fingerprint density at radius 1 is 1.44 bits per heavy atom. The van der Waals surface area contributed by atoms with Crippen LogP contribution >= 0.6 is 23.2 Å². The van der Waals surface area contributed by atoms with Gasteiger partial charge in [0.15, 0.2) is 0 Å². The zero-order valence-electron chi connectivity index (χ0n) is 10.5. The maximum absolute atomic E-state index is 11.8. The predicted molar refractivity (Wildman–Crippen MR) is 75.3 cm³/mol. The molecule has 0 aliphatic carbocycles. The number of carbonyl (C=O) groups is 1. The molecule has 0 aliphatic heterocycles. The second-order valence-electron chi connectivity index (χ2n) is 4.20. The van der Waals surface area contributed by atoms with Gasteiger partial charge < -0.3 is 5.32 Å². The van der Waals surface area contributed by atoms with Crippen molar-refractivity contribution in [1.29, 1.82) is 0 Å². The third kappa shape index (κ3) is 5.23. The normalized spacial score (nSPS) is 12.2. The number of aromatic nitrogens is 1. The number of rotatable bonds is 7. The van der Waals surface area contributed by atoms with E-state index >= 15 is 0 Å². The molecule has 0 bridgehead atoms. The second-order valence-corrected chi connectivity index (χ2v) is 5.02. The van der Waals surface area contributed by atoms with Gasteiger partial charge in [-0.25, -0.2) is 4.98 Å². The molecule has 100 valence electrons. The van der Waals surface area contributed by atoms with Crippen molar-refractivity contribution in [1.82, 2.24) is 10.3 Å². The molecule has 0 aliphatic rings. The SMILES string of the molecule is CCCC(CCCl)CNC(=O)c1ccc(Cl)cn1. The lowest BCUT2D eigenvalue weighted by molar-refractivity contribution is 0.0941. The highest BCUT2D eigenvalue weighted by molar-refractivity contribution is 6.30. The summed E-state index contributed by atoms with van der Waals surface area (Å²) in [6, 6.07) is 3.28. The summed E-state index contributed by atoms with van der Waals surface area (Å²) in [6.45, 7) is 2.77. The summed E-state index contributed by atoms with van der Waals surface area (Å²) < 4.78 is 0. The van der Waals surface area contributed by atoms with Crippen molar-refractivity contribution in [2.45, 2.75) is 26.2 Å². The van der Waals surface area contributed by atoms with Crippen LogP contribution in [0.1, 0.15) is 36.7 Å². The standard InChI is InChI=1S/C13H18Cl2N2O/c1-2-3-10(6-7-14)8-17-13(18)12-5-4-11(15)9-16-12/h4-5,9-10H,2-3,6-8H2,1H3,(H,17,18). The van der Waals surface area contributed by atoms with E-state index in [1.165, 1.54) is 6.20 Å². The number of alkyl halides is 1. The van der Waals surface area contributed by atoms with Crippen LogP contribution in [-0.2, 0) is 0 Å². The van der Waals surface area contributed by atoms with E-state index in [1.807, 2.05) is 0 Å². The summed E-state index contributed by atoms with van der Waals surface area (Å²) in [5.41, 5.74) is 0.389. The smallest absolute Gasteiger partial charge is 0.269 e. The van der Waals surface area contributed by atoms with Gasteiger partial charge in [-0.1, -0.05) is 24.9 Å². The van der Waals surface area contributed by atoms with E-state index in [-0.39, 0.29) is 5.91 Å². The molecule has 1 unspecified atom stereocenters. The van der Waals surface area contributed by atoms with Crippen LogP contribution in [0.2, 0.25) is 5.02 Å². The predicted octanol–water partition coefficient (Wildman–Crippen LogP) is 3.51. The summed E-state index contributed by atoms with van der Waals surface area (Å²) >= 11 is 11.5. The topological polar surface area (TPSA) is 42.0 Å². The van der Waals surface area contributed by atoms with Crippen LogP contribution in [0.25, 0.3) is 0 Å². The Hall–Kier alpha value is -0.800. The van der Waals surface area contributed by atoms with Crippen LogP contribution in [-0.4, -0.2) is 23.3 Å². The van der Waals surface area contributed by atoms with E-state index in [2.05, 4.69) is 17.2 Å². The largest absolute Gasteiger partial charge is 0.350 e. The van der Waals surface area contributed by atoms with Gasteiger partial charge in [-0.05, 0) is 30.9 Å². The molecule has 0 spiro atoms. The van der Waals surface area contributed by atoms with Crippen LogP contribution in [0.4, 0.5) is 0 Å². The molecular weight excluding hydrogens is 271 g/mol. The molecule has 18 heavy (non-hydrogen) atoms. The van der Waals surface area contributed by atoms with E-state index in [4.69, 9.17) is 23.2 Å². The molecule has 0 fully saturated rings. The molecular formula is C13H18Cl2N2O. The molecule has 1 heterocycles. The van der Waals surface area contributed by atoms with E-state index in [1.54, 1.807) is 12.1 Å². The van der Waals surface area contributed by atoms with Crippen LogP contribution in [0.3, 0.4) is 0 Å². The molecule has 0 saturated carbocycles. The van der Waals surface area contributed by atoms with Crippen molar-refractivity contribution >= 4 is 29.1 Å². The Morgan fingerprint density at radius 3 is 2.78 bits per heavy atom. The van der Waals surface area contributed by atoms with Crippen LogP contribution < -0.4 is 5.32 Å². The van der Waals surface area contributed by atoms with Gasteiger partial charge in [0.05, 0.1) is 5.02 Å². The number of nitrogens with one attached hydrogen (secondary N) is 1. The van der Waals surface area contributed by atoms with Crippen molar-refractivity contribution < 1.29 is 4.79 Å². The third-order valence-corrected chi connectivity index (χ3v) is 3.17. The fourth-order valence-corrected chi connectivity index (χ4v) is 2.17. The average molecular weight is 289 g/mol. The molecule has 0 aromatic carbocycles. The zero-order chi connectivity index (χ0) is 13.4. The highest BCUT2D eigenvalue weighted by atomic mass is 35.5. The summed E-state index contributed by atoms with van der Waals surface area (Å²) in [6.07, 6.45) is 4.56. The van der Waals surface area contributed by atoms with Gasteiger partial charge in [0.2, 0.25) is 0 Å². The Morgan fingerprint density at radius 2 is 2.22 bits per heavy atom. The van der Waals surface area contributed by atoms with Gasteiger partial charge in [0.25, 0.3) is 5.91 Å². The molecule has 5 heteroatoms. The highest BCUT2D eigenvalue weighted by Crippen LogP contribution is 2.11. The third-order valence-electron chi connectivity index (χ3n) is 2.73. The Bertz CT molecular complexity index is 362. The molecule has 1 atom stereocenters. The lowest BCUT2D eigenvalue weighted by atomic mass is 10.0. The first-order valence-electron chi connectivity index (χ1n) is 6.13. The summed E-state index contributed by atoms with van der Waals surface area (Å²) in [4.78, 5) is 15.8. The molecule has 0 saturated heterocycles. The summed E-state index contributed by atoms with van der Waals surface area (Å²) in [5, 5.41) is 3.41. The van der Waals surface area contributed by atoms with Crippen molar-refractivity contribution in [2.24, 2.45) is 5.92 Å². The van der Waals surface area contributed by atoms with Gasteiger partial charge in [-0.15, -0.1) is 11.6 Å². The molecule has 1 N–H and O–H groups in total. The molecule has 1 aromatic rings. The molecule has 0 radical (unpaired) electrons. The minimum Gasteiger partial charge on any atom is -0.350 e. The first-order valence-corrected chi connectivity index (χ1v) is 7.04. The van der Waals surface area contributed by atoms with Crippen LogP contribution in [0.15, 0.2) is 18.3 Å². The van der Waals surface area contributed by atoms with Crippen molar-refractivity contribution in [3.63, 3.8) is 0 Å². The maximum Gasteiger partial charge on any atom is 0.269 e. The minimum absolute atomic E-state index is 0.164. The second kappa shape index (κ2) is 8.33. The molecule has 1 rings (SSSR count). The average Bonchev–Trinajstić information content (AvgIpc) is 2.37. The minimum atomic E-state index is -0.164. The number of carbonyl (C=O) groups excluding carboxylic acids is 1. The Labute approximate surface area is 118 Å². The van der Waals surface area contributed by atoms with Crippen LogP contribution in [0, 0.1) is 5.92 Å². The van der Waals surface area contributed by atoms with Gasteiger partial charge in [0, 0.05) is 18.6 Å². The lowest BCUT2D eigenvalue weighted by Gasteiger charge is -2.15. The number of amides is 1. The number of nitrogens with zero attached hydrogens (tertiary/aromatic N) is 1. The number of hydrogen-bond donors (Lipinski definition) is 1. The molecule has 3 nitrogen and oxygen atoms in total. The van der Waals surface area contributed by atoms with E-state index in [0.717, 1.165) is 19.3 Å². The van der Waals surface area contributed by atoms with Gasteiger partial charge in [-0.2, -0.15) is 0 Å². The van der Waals surface area contributed by atoms with Crippen molar-refractivity contribution in [3.05, 3.63) is 29.0 Å². The van der Waals surface area contributed by atoms with E-state index < -0.39 is 0 Å². The van der Waals surface area contributed by atoms with Gasteiger partial charge in [0.1, 0.15) is 5.69 Å². The van der Waals surface area contributed by atoms with Gasteiger partial charge >= 0.3 is 0 Å². The zero-order valence-corrected chi connectivity index (χ0v) is 12.0. The quantitative estimate of drug-likeness (QED) is 0.780. The van der Waals surface area contributed by atoms with Crippen molar-refractivity contribution in [3.8, 4) is 0 Å². The van der Waals surface area contributed by atoms with Gasteiger partial charge in [-0.3, -0.25) is 4.79 Å². The first-order chi connectivity index (χ1) is 8.67. The molecule has 1 aromatic heterocycles. The number of halogens is 2.